The van der Waals surface area contributed by atoms with Gasteiger partial charge in [0.15, 0.2) is 0 Å². The molecule has 3 aromatic heterocycles. The molecular weight excluding hydrogens is 360 g/mol. The third kappa shape index (κ3) is 3.28. The molecule has 2 N–H and O–H groups in total. The predicted octanol–water partition coefficient (Wildman–Crippen LogP) is 4.01. The van der Waals surface area contributed by atoms with Crippen molar-refractivity contribution >= 4 is 37.6 Å². The van der Waals surface area contributed by atoms with E-state index in [-0.39, 0.29) is 5.60 Å². The van der Waals surface area contributed by atoms with E-state index in [1.54, 1.807) is 24.6 Å². The Bertz CT molecular complexity index is 1010. The fourth-order valence-electron chi connectivity index (χ4n) is 3.68. The lowest BCUT2D eigenvalue weighted by Crippen LogP contribution is -2.32. The number of pyridine rings is 1. The number of hydrogen-bond acceptors (Lipinski definition) is 7. The molecular formula is C20H26N4O2S. The second-order valence-electron chi connectivity index (χ2n) is 8.25. The zero-order chi connectivity index (χ0) is 19.3. The first-order valence-corrected chi connectivity index (χ1v) is 10.2. The van der Waals surface area contributed by atoms with E-state index in [9.17, 15) is 5.11 Å². The van der Waals surface area contributed by atoms with Gasteiger partial charge in [-0.2, -0.15) is 0 Å². The Labute approximate surface area is 163 Å². The van der Waals surface area contributed by atoms with Gasteiger partial charge in [-0.15, -0.1) is 11.3 Å². The highest BCUT2D eigenvalue weighted by atomic mass is 32.1. The van der Waals surface area contributed by atoms with Gasteiger partial charge in [-0.05, 0) is 32.3 Å². The quantitative estimate of drug-likeness (QED) is 0.705. The van der Waals surface area contributed by atoms with Gasteiger partial charge >= 0.3 is 0 Å². The fourth-order valence-corrected chi connectivity index (χ4v) is 4.81. The average Bonchev–Trinajstić information content (AvgIpc) is 2.97. The number of aliphatic hydroxyl groups is 1. The Kier molecular flexibility index (Phi) is 4.56. The molecule has 3 aromatic rings. The van der Waals surface area contributed by atoms with Crippen LogP contribution in [-0.4, -0.2) is 38.3 Å². The summed E-state index contributed by atoms with van der Waals surface area (Å²) in [4.78, 5) is 15.0. The molecule has 0 amide bonds. The summed E-state index contributed by atoms with van der Waals surface area (Å²) in [5.74, 6) is 1.09. The second-order valence-corrected chi connectivity index (χ2v) is 9.25. The number of anilines is 1. The molecule has 4 rings (SSSR count). The molecule has 0 aliphatic carbocycles. The van der Waals surface area contributed by atoms with Crippen LogP contribution in [0.1, 0.15) is 57.4 Å². The van der Waals surface area contributed by atoms with Crippen molar-refractivity contribution in [1.82, 2.24) is 15.0 Å². The number of nitrogens with zero attached hydrogens (tertiary/aromatic N) is 3. The van der Waals surface area contributed by atoms with Gasteiger partial charge in [0.05, 0.1) is 34.2 Å². The van der Waals surface area contributed by atoms with Crippen molar-refractivity contribution < 1.29 is 9.84 Å². The van der Waals surface area contributed by atoms with Gasteiger partial charge in [-0.25, -0.2) is 15.0 Å². The van der Waals surface area contributed by atoms with Crippen LogP contribution in [0.5, 0.6) is 0 Å². The van der Waals surface area contributed by atoms with Gasteiger partial charge in [0, 0.05) is 23.9 Å². The number of thiophene rings is 1. The Balaban J connectivity index is 1.99. The zero-order valence-corrected chi connectivity index (χ0v) is 17.3. The van der Waals surface area contributed by atoms with Crippen LogP contribution in [0.4, 0.5) is 5.82 Å². The summed E-state index contributed by atoms with van der Waals surface area (Å²) < 4.78 is 7.09. The van der Waals surface area contributed by atoms with Gasteiger partial charge in [-0.3, -0.25) is 0 Å². The summed E-state index contributed by atoms with van der Waals surface area (Å²) in [5, 5.41) is 14.0. The minimum atomic E-state index is -0.444. The lowest BCUT2D eigenvalue weighted by atomic mass is 9.87. The van der Waals surface area contributed by atoms with E-state index in [2.05, 4.69) is 43.0 Å². The third-order valence-corrected chi connectivity index (χ3v) is 6.05. The predicted molar refractivity (Wildman–Crippen MR) is 110 cm³/mol. The molecule has 0 saturated carbocycles. The van der Waals surface area contributed by atoms with Gasteiger partial charge in [0.1, 0.15) is 17.0 Å². The molecule has 0 aromatic carbocycles. The molecule has 144 valence electrons. The molecule has 1 aliphatic rings. The maximum absolute atomic E-state index is 9.61. The number of fused-ring (bicyclic) bond motifs is 5. The van der Waals surface area contributed by atoms with Crippen molar-refractivity contribution in [1.29, 1.82) is 0 Å². The molecule has 0 spiro atoms. The molecule has 0 unspecified atom stereocenters. The van der Waals surface area contributed by atoms with Crippen molar-refractivity contribution in [2.24, 2.45) is 0 Å². The minimum Gasteiger partial charge on any atom is -0.392 e. The molecule has 6 nitrogen and oxygen atoms in total. The van der Waals surface area contributed by atoms with Crippen LogP contribution in [-0.2, 0) is 17.8 Å². The van der Waals surface area contributed by atoms with Gasteiger partial charge in [0.2, 0.25) is 0 Å². The number of rotatable bonds is 4. The first kappa shape index (κ1) is 18.5. The maximum Gasteiger partial charge on any atom is 0.147 e. The van der Waals surface area contributed by atoms with E-state index in [0.29, 0.717) is 19.1 Å². The van der Waals surface area contributed by atoms with E-state index < -0.39 is 6.10 Å². The van der Waals surface area contributed by atoms with Crippen LogP contribution in [0, 0.1) is 0 Å². The number of aromatic nitrogens is 3. The number of hydrogen-bond donors (Lipinski definition) is 2. The number of aliphatic hydroxyl groups excluding tert-OH is 1. The van der Waals surface area contributed by atoms with Crippen molar-refractivity contribution in [2.45, 2.75) is 65.3 Å². The highest BCUT2D eigenvalue weighted by Crippen LogP contribution is 2.43. The lowest BCUT2D eigenvalue weighted by Gasteiger charge is -2.33. The third-order valence-electron chi connectivity index (χ3n) is 4.97. The summed E-state index contributed by atoms with van der Waals surface area (Å²) in [7, 11) is 0. The van der Waals surface area contributed by atoms with E-state index in [1.807, 2.05) is 0 Å². The largest absolute Gasteiger partial charge is 0.392 e. The maximum atomic E-state index is 9.61. The summed E-state index contributed by atoms with van der Waals surface area (Å²) in [6.45, 7) is 11.4. The van der Waals surface area contributed by atoms with Crippen molar-refractivity contribution in [3.8, 4) is 0 Å². The van der Waals surface area contributed by atoms with Crippen LogP contribution in [0.2, 0.25) is 0 Å². The van der Waals surface area contributed by atoms with Gasteiger partial charge in [0.25, 0.3) is 0 Å². The van der Waals surface area contributed by atoms with Crippen molar-refractivity contribution in [3.05, 3.63) is 23.1 Å². The minimum absolute atomic E-state index is 0.204. The number of nitrogens with one attached hydrogen (secondary N) is 1. The standard InChI is InChI=1S/C20H26N4O2S/c1-10(2)15-13-8-26-20(4,5)6-12(13)14-16-17(27-19(14)24-15)18(23-9-22-16)21-7-11(3)25/h9-11,25H,6-8H2,1-5H3,(H,21,22,23)/t11-/m1/s1. The first-order valence-electron chi connectivity index (χ1n) is 9.41. The fraction of sp³-hybridized carbons (Fsp3) is 0.550. The van der Waals surface area contributed by atoms with Gasteiger partial charge < -0.3 is 15.2 Å². The summed E-state index contributed by atoms with van der Waals surface area (Å²) in [6, 6.07) is 0. The zero-order valence-electron chi connectivity index (χ0n) is 16.5. The Hall–Kier alpha value is -1.83. The molecule has 0 saturated heterocycles. The smallest absolute Gasteiger partial charge is 0.147 e. The molecule has 27 heavy (non-hydrogen) atoms. The molecule has 0 radical (unpaired) electrons. The summed E-state index contributed by atoms with van der Waals surface area (Å²) >= 11 is 1.62. The highest BCUT2D eigenvalue weighted by Gasteiger charge is 2.32. The molecule has 4 heterocycles. The Morgan fingerprint density at radius 2 is 2.04 bits per heavy atom. The van der Waals surface area contributed by atoms with E-state index in [1.165, 1.54) is 11.1 Å². The van der Waals surface area contributed by atoms with Crippen LogP contribution >= 0.6 is 11.3 Å². The Morgan fingerprint density at radius 1 is 1.26 bits per heavy atom. The monoisotopic (exact) mass is 386 g/mol. The Morgan fingerprint density at radius 3 is 2.74 bits per heavy atom. The lowest BCUT2D eigenvalue weighted by molar-refractivity contribution is -0.0402. The van der Waals surface area contributed by atoms with Crippen LogP contribution in [0.25, 0.3) is 20.4 Å². The molecule has 7 heteroatoms. The van der Waals surface area contributed by atoms with Crippen LogP contribution < -0.4 is 5.32 Å². The second kappa shape index (κ2) is 6.65. The molecule has 1 atom stereocenters. The molecule has 0 fully saturated rings. The first-order chi connectivity index (χ1) is 12.8. The molecule has 1 aliphatic heterocycles. The van der Waals surface area contributed by atoms with Crippen molar-refractivity contribution in [2.75, 3.05) is 11.9 Å². The van der Waals surface area contributed by atoms with Crippen molar-refractivity contribution in [3.63, 3.8) is 0 Å². The average molecular weight is 387 g/mol. The van der Waals surface area contributed by atoms with E-state index >= 15 is 0 Å². The number of ether oxygens (including phenoxy) is 1. The highest BCUT2D eigenvalue weighted by molar-refractivity contribution is 7.26. The summed E-state index contributed by atoms with van der Waals surface area (Å²) in [5.41, 5.74) is 4.38. The normalized spacial score (nSPS) is 17.4. The van der Waals surface area contributed by atoms with Gasteiger partial charge in [-0.1, -0.05) is 13.8 Å². The van der Waals surface area contributed by atoms with Crippen LogP contribution in [0.15, 0.2) is 6.33 Å². The van der Waals surface area contributed by atoms with E-state index in [0.717, 1.165) is 38.4 Å². The van der Waals surface area contributed by atoms with E-state index in [4.69, 9.17) is 9.72 Å². The SMILES string of the molecule is CC(C)c1nc2sc3c(NC[C@@H](C)O)ncnc3c2c2c1COC(C)(C)C2. The topological polar surface area (TPSA) is 80.2 Å². The van der Waals surface area contributed by atoms with Crippen LogP contribution in [0.3, 0.4) is 0 Å². The molecule has 0 bridgehead atoms. The summed E-state index contributed by atoms with van der Waals surface area (Å²) in [6.07, 6.45) is 1.99.